The number of aliphatic hydroxyl groups excluding tert-OH is 13. The van der Waals surface area contributed by atoms with Gasteiger partial charge in [-0.05, 0) is 98.2 Å². The molecule has 4 aliphatic heterocycles. The lowest BCUT2D eigenvalue weighted by molar-refractivity contribution is -0.398. The van der Waals surface area contributed by atoms with Crippen molar-refractivity contribution >= 4 is 18.2 Å². The van der Waals surface area contributed by atoms with Crippen LogP contribution in [-0.4, -0.2) is 252 Å². The molecule has 4 saturated carbocycles. The predicted molar refractivity (Wildman–Crippen MR) is 284 cm³/mol. The summed E-state index contributed by atoms with van der Waals surface area (Å²) in [6, 6.07) is 0. The molecule has 26 nitrogen and oxygen atoms in total. The maximum atomic E-state index is 14.2. The van der Waals surface area contributed by atoms with E-state index in [9.17, 15) is 85.9 Å². The van der Waals surface area contributed by atoms with Crippen LogP contribution in [-0.2, 0) is 57.0 Å². The van der Waals surface area contributed by atoms with E-state index in [2.05, 4.69) is 26.8 Å². The second-order valence-corrected chi connectivity index (χ2v) is 27.0. The number of hydrogen-bond acceptors (Lipinski definition) is 25. The number of rotatable bonds is 15. The number of carboxylic acids is 1. The Bertz CT molecular complexity index is 2440. The van der Waals surface area contributed by atoms with Gasteiger partial charge in [0.25, 0.3) is 0 Å². The molecule has 9 rings (SSSR count). The van der Waals surface area contributed by atoms with E-state index in [0.29, 0.717) is 37.7 Å². The van der Waals surface area contributed by atoms with Gasteiger partial charge in [-0.25, -0.2) is 9.59 Å². The molecule has 14 N–H and O–H groups in total. The highest BCUT2D eigenvalue weighted by Crippen LogP contribution is 2.76. The first kappa shape index (κ1) is 65.7. The lowest BCUT2D eigenvalue weighted by atomic mass is 9.32. The van der Waals surface area contributed by atoms with Gasteiger partial charge in [0.15, 0.2) is 31.3 Å². The van der Waals surface area contributed by atoms with Crippen LogP contribution in [0.3, 0.4) is 0 Å². The Hall–Kier alpha value is -2.75. The number of carbonyl (C=O) groups is 3. The highest BCUT2D eigenvalue weighted by atomic mass is 16.8. The van der Waals surface area contributed by atoms with E-state index < -0.39 is 218 Å². The number of aliphatic carboxylic acids is 1. The van der Waals surface area contributed by atoms with Crippen molar-refractivity contribution < 1.29 is 129 Å². The standard InChI is InChI=1S/C58H90O26/c1-9-24(2)48(75)84-46-27(18-59)53(3,4)16-26-25-10-11-32-54(5)14-13-34(55(6,22-61)31(54)12-15-56(32,7)57(25,8)17-33(65)58(26,46)23-62)79-52-45(83-50-40(71)38(69)37(68)30(19-60)78-50)42(41(72)43(81-52)47(73)74)80-51-44(36(67)29(64)21-77-51)82-49-39(70)35(66)28(63)20-76-49/h9-10,22,26-46,49-52,59-60,62-72H,11-21,23H2,1-8H3,(H,73,74)/t26-,27-,28-,29+,30+,31+,32+,33+,34-,35-,36-,37-,38-,39+,40+,41-,42-,43-,44+,45+,46-,49-,50-,51-,52+,54-,55-,56+,57+,58-/m0/s1. The summed E-state index contributed by atoms with van der Waals surface area (Å²) in [5, 5.41) is 154. The number of ether oxygens (including phenoxy) is 9. The van der Waals surface area contributed by atoms with Gasteiger partial charge in [0.2, 0.25) is 0 Å². The molecule has 4 heterocycles. The number of carboxylic acid groups (broad SMARTS) is 1. The molecule has 5 aliphatic carbocycles. The van der Waals surface area contributed by atoms with Crippen LogP contribution in [0.2, 0.25) is 0 Å². The van der Waals surface area contributed by atoms with E-state index in [1.807, 2.05) is 13.8 Å². The van der Waals surface area contributed by atoms with Gasteiger partial charge in [-0.3, -0.25) is 0 Å². The summed E-state index contributed by atoms with van der Waals surface area (Å²) in [7, 11) is 0. The topological polar surface area (TPSA) is 418 Å². The summed E-state index contributed by atoms with van der Waals surface area (Å²) in [5.74, 6) is -4.02. The van der Waals surface area contributed by atoms with Crippen LogP contribution in [0.4, 0.5) is 0 Å². The third-order valence-corrected chi connectivity index (χ3v) is 22.4. The highest BCUT2D eigenvalue weighted by Gasteiger charge is 2.74. The van der Waals surface area contributed by atoms with Crippen molar-refractivity contribution in [3.8, 4) is 0 Å². The Morgan fingerprint density at radius 3 is 1.93 bits per heavy atom. The van der Waals surface area contributed by atoms with Crippen molar-refractivity contribution in [1.82, 2.24) is 0 Å². The molecule has 0 unspecified atom stereocenters. The van der Waals surface area contributed by atoms with Crippen molar-refractivity contribution in [1.29, 1.82) is 0 Å². The minimum absolute atomic E-state index is 0.130. The molecular formula is C58H90O26. The predicted octanol–water partition coefficient (Wildman–Crippen LogP) is -2.34. The Labute approximate surface area is 487 Å². The maximum absolute atomic E-state index is 14.2. The highest BCUT2D eigenvalue weighted by molar-refractivity contribution is 5.87. The van der Waals surface area contributed by atoms with Crippen LogP contribution in [0.25, 0.3) is 0 Å². The third-order valence-electron chi connectivity index (χ3n) is 22.4. The van der Waals surface area contributed by atoms with Crippen LogP contribution < -0.4 is 0 Å². The summed E-state index contributed by atoms with van der Waals surface area (Å²) in [6.45, 7) is 12.6. The van der Waals surface area contributed by atoms with E-state index in [0.717, 1.165) is 11.9 Å². The van der Waals surface area contributed by atoms with E-state index in [1.54, 1.807) is 26.8 Å². The second-order valence-electron chi connectivity index (χ2n) is 27.0. The number of carbonyl (C=O) groups excluding carboxylic acids is 2. The van der Waals surface area contributed by atoms with Crippen molar-refractivity contribution in [2.24, 2.45) is 56.2 Å². The molecular weight excluding hydrogens is 1110 g/mol. The first-order valence-corrected chi connectivity index (χ1v) is 29.4. The van der Waals surface area contributed by atoms with Gasteiger partial charge in [0.1, 0.15) is 91.7 Å². The fraction of sp³-hybridized carbons (Fsp3) is 0.879. The molecule has 0 aromatic heterocycles. The molecule has 0 spiro atoms. The molecule has 9 aliphatic rings. The van der Waals surface area contributed by atoms with Gasteiger partial charge < -0.3 is 119 Å². The summed E-state index contributed by atoms with van der Waals surface area (Å²) in [6.07, 6.45) is -30.5. The van der Waals surface area contributed by atoms with E-state index in [1.165, 1.54) is 0 Å². The number of esters is 1. The van der Waals surface area contributed by atoms with Crippen LogP contribution in [0.15, 0.2) is 23.3 Å². The Morgan fingerprint density at radius 2 is 1.31 bits per heavy atom. The first-order chi connectivity index (χ1) is 39.4. The Balaban J connectivity index is 1.05. The van der Waals surface area contributed by atoms with Gasteiger partial charge in [-0.2, -0.15) is 0 Å². The number of hydrogen-bond donors (Lipinski definition) is 14. The Morgan fingerprint density at radius 1 is 0.679 bits per heavy atom. The Kier molecular flexibility index (Phi) is 18.9. The smallest absolute Gasteiger partial charge is 0.335 e. The zero-order valence-corrected chi connectivity index (χ0v) is 48.8. The van der Waals surface area contributed by atoms with Crippen molar-refractivity contribution in [3.05, 3.63) is 23.3 Å². The molecule has 0 amide bonds. The minimum atomic E-state index is -2.27. The first-order valence-electron chi connectivity index (χ1n) is 29.4. The molecule has 0 radical (unpaired) electrons. The van der Waals surface area contributed by atoms with Gasteiger partial charge >= 0.3 is 11.9 Å². The fourth-order valence-corrected chi connectivity index (χ4v) is 17.1. The quantitative estimate of drug-likeness (QED) is 0.0269. The van der Waals surface area contributed by atoms with Crippen LogP contribution in [0.1, 0.15) is 100 Å². The fourth-order valence-electron chi connectivity index (χ4n) is 17.1. The summed E-state index contributed by atoms with van der Waals surface area (Å²) in [4.78, 5) is 40.9. The minimum Gasteiger partial charge on any atom is -0.479 e. The average molecular weight is 1200 g/mol. The molecule has 478 valence electrons. The molecule has 0 bridgehead atoms. The zero-order valence-electron chi connectivity index (χ0n) is 48.8. The summed E-state index contributed by atoms with van der Waals surface area (Å²) < 4.78 is 54.5. The molecule has 26 heteroatoms. The second kappa shape index (κ2) is 24.2. The summed E-state index contributed by atoms with van der Waals surface area (Å²) >= 11 is 0. The molecule has 30 atom stereocenters. The van der Waals surface area contributed by atoms with E-state index in [-0.39, 0.29) is 25.4 Å². The monoisotopic (exact) mass is 1200 g/mol. The molecule has 4 saturated heterocycles. The van der Waals surface area contributed by atoms with Gasteiger partial charge in [-0.1, -0.05) is 59.3 Å². The number of fused-ring (bicyclic) bond motifs is 7. The van der Waals surface area contributed by atoms with Gasteiger partial charge in [0, 0.05) is 18.1 Å². The SMILES string of the molecule is CC=C(C)C(=O)O[C@H]1[C@H](CO)C(C)(C)C[C@H]2C3=CC[C@@H]4[C@@]5(C)CC[C@H](O[C@@H]6O[C@H](C(=O)O)[C@@H](O)[C@H](O[C@@H]7OC[C@@H](O)[C@H](O)[C@H]7O[C@@H]7OC[C@H](O)[C@H](O)[C@H]7O)[C@H]6O[C@@H]6O[C@H](CO)[C@H](O)[C@H](O)[C@H]6O)[C@@](C)(C=O)[C@@H]5CC[C@@]4(C)[C@]3(C)C[C@@H](O)[C@]21CO. The normalized spacial score (nSPS) is 52.1. The largest absolute Gasteiger partial charge is 0.479 e. The van der Waals surface area contributed by atoms with Gasteiger partial charge in [-0.15, -0.1) is 0 Å². The zero-order chi connectivity index (χ0) is 61.7. The van der Waals surface area contributed by atoms with Gasteiger partial charge in [0.05, 0.1) is 49.5 Å². The molecule has 0 aromatic carbocycles. The van der Waals surface area contributed by atoms with E-state index in [4.69, 9.17) is 42.6 Å². The van der Waals surface area contributed by atoms with Crippen LogP contribution in [0, 0.1) is 56.2 Å². The third kappa shape index (κ3) is 10.5. The lowest BCUT2D eigenvalue weighted by Crippen LogP contribution is -2.71. The van der Waals surface area contributed by atoms with Crippen molar-refractivity contribution in [2.45, 2.75) is 229 Å². The lowest BCUT2D eigenvalue weighted by Gasteiger charge is -2.72. The molecule has 8 fully saturated rings. The van der Waals surface area contributed by atoms with Crippen molar-refractivity contribution in [3.63, 3.8) is 0 Å². The molecule has 84 heavy (non-hydrogen) atoms. The number of aldehydes is 1. The number of aliphatic hydroxyl groups is 13. The molecule has 0 aromatic rings. The summed E-state index contributed by atoms with van der Waals surface area (Å²) in [5.41, 5.74) is -3.87. The van der Waals surface area contributed by atoms with Crippen LogP contribution in [0.5, 0.6) is 0 Å². The maximum Gasteiger partial charge on any atom is 0.335 e. The van der Waals surface area contributed by atoms with Crippen LogP contribution >= 0.6 is 0 Å². The average Bonchev–Trinajstić information content (AvgIpc) is 0.965. The van der Waals surface area contributed by atoms with Crippen molar-refractivity contribution in [2.75, 3.05) is 33.0 Å². The number of allylic oxidation sites excluding steroid dienone is 3. The van der Waals surface area contributed by atoms with E-state index >= 15 is 0 Å².